The Bertz CT molecular complexity index is 294. The van der Waals surface area contributed by atoms with Gasteiger partial charge < -0.3 is 10.1 Å². The van der Waals surface area contributed by atoms with Gasteiger partial charge in [0.25, 0.3) is 0 Å². The number of rotatable bonds is 0. The smallest absolute Gasteiger partial charge is 0.142 e. The first-order valence-electron chi connectivity index (χ1n) is 4.40. The lowest BCUT2D eigenvalue weighted by Crippen LogP contribution is -2.16. The van der Waals surface area contributed by atoms with Crippen LogP contribution in [-0.4, -0.2) is 13.2 Å². The quantitative estimate of drug-likeness (QED) is 0.688. The summed E-state index contributed by atoms with van der Waals surface area (Å²) >= 11 is 6.03. The Balaban J connectivity index is 2.50. The van der Waals surface area contributed by atoms with Crippen molar-refractivity contribution in [3.63, 3.8) is 0 Å². The van der Waals surface area contributed by atoms with Gasteiger partial charge in [-0.3, -0.25) is 0 Å². The third-order valence-electron chi connectivity index (χ3n) is 2.27. The molecule has 0 spiro atoms. The van der Waals surface area contributed by atoms with Crippen LogP contribution in [-0.2, 0) is 6.54 Å². The lowest BCUT2D eigenvalue weighted by Gasteiger charge is -2.10. The minimum Gasteiger partial charge on any atom is -0.490 e. The molecular weight excluding hydrogens is 186 g/mol. The maximum atomic E-state index is 6.03. The summed E-state index contributed by atoms with van der Waals surface area (Å²) in [5.41, 5.74) is 2.42. The second kappa shape index (κ2) is 3.56. The minimum absolute atomic E-state index is 0.691. The molecule has 2 rings (SSSR count). The van der Waals surface area contributed by atoms with E-state index >= 15 is 0 Å². The first kappa shape index (κ1) is 8.85. The third kappa shape index (κ3) is 1.64. The van der Waals surface area contributed by atoms with Crippen molar-refractivity contribution in [3.05, 3.63) is 28.3 Å². The van der Waals surface area contributed by atoms with Crippen LogP contribution < -0.4 is 10.1 Å². The molecule has 0 atom stereocenters. The summed E-state index contributed by atoms with van der Waals surface area (Å²) < 4.78 is 5.57. The van der Waals surface area contributed by atoms with Crippen LogP contribution in [0.15, 0.2) is 12.1 Å². The molecule has 0 saturated heterocycles. The highest BCUT2D eigenvalue weighted by Gasteiger charge is 2.13. The molecule has 3 heteroatoms. The number of aryl methyl sites for hydroxylation is 1. The molecular formula is C10H12ClNO. The molecule has 0 bridgehead atoms. The van der Waals surface area contributed by atoms with E-state index in [9.17, 15) is 0 Å². The van der Waals surface area contributed by atoms with E-state index in [0.717, 1.165) is 18.8 Å². The third-order valence-corrected chi connectivity index (χ3v) is 2.57. The van der Waals surface area contributed by atoms with Crippen LogP contribution in [0.5, 0.6) is 5.75 Å². The summed E-state index contributed by atoms with van der Waals surface area (Å²) in [6.45, 7) is 4.49. The van der Waals surface area contributed by atoms with Gasteiger partial charge in [-0.05, 0) is 18.6 Å². The van der Waals surface area contributed by atoms with Gasteiger partial charge in [-0.25, -0.2) is 0 Å². The van der Waals surface area contributed by atoms with Gasteiger partial charge in [-0.2, -0.15) is 0 Å². The molecule has 1 aromatic rings. The number of hydrogen-bond acceptors (Lipinski definition) is 2. The Morgan fingerprint density at radius 2 is 2.31 bits per heavy atom. The van der Waals surface area contributed by atoms with Crippen LogP contribution in [0.25, 0.3) is 0 Å². The highest BCUT2D eigenvalue weighted by molar-refractivity contribution is 6.32. The van der Waals surface area contributed by atoms with Gasteiger partial charge in [-0.1, -0.05) is 17.7 Å². The molecule has 0 saturated carbocycles. The van der Waals surface area contributed by atoms with Crippen molar-refractivity contribution in [2.75, 3.05) is 13.2 Å². The standard InChI is InChI=1S/C10H12ClNO/c1-7-2-3-9(11)10-8(7)6-12-4-5-13-10/h2-3,12H,4-6H2,1H3. The van der Waals surface area contributed by atoms with E-state index in [1.54, 1.807) is 0 Å². The molecule has 1 aliphatic rings. The lowest BCUT2D eigenvalue weighted by molar-refractivity contribution is 0.326. The number of benzene rings is 1. The van der Waals surface area contributed by atoms with E-state index < -0.39 is 0 Å². The normalized spacial score (nSPS) is 15.8. The summed E-state index contributed by atoms with van der Waals surface area (Å²) in [6, 6.07) is 3.92. The molecule has 13 heavy (non-hydrogen) atoms. The fourth-order valence-electron chi connectivity index (χ4n) is 1.51. The first-order chi connectivity index (χ1) is 6.29. The van der Waals surface area contributed by atoms with Crippen LogP contribution >= 0.6 is 11.6 Å². The number of nitrogens with one attached hydrogen (secondary N) is 1. The molecule has 0 unspecified atom stereocenters. The molecule has 0 amide bonds. The average molecular weight is 198 g/mol. The van der Waals surface area contributed by atoms with Crippen molar-refractivity contribution >= 4 is 11.6 Å². The predicted molar refractivity (Wildman–Crippen MR) is 53.4 cm³/mol. The van der Waals surface area contributed by atoms with Crippen molar-refractivity contribution in [1.29, 1.82) is 0 Å². The van der Waals surface area contributed by atoms with Gasteiger partial charge in [0.15, 0.2) is 0 Å². The largest absolute Gasteiger partial charge is 0.490 e. The fraction of sp³-hybridized carbons (Fsp3) is 0.400. The van der Waals surface area contributed by atoms with Gasteiger partial charge in [0.05, 0.1) is 5.02 Å². The van der Waals surface area contributed by atoms with Crippen molar-refractivity contribution in [1.82, 2.24) is 5.32 Å². The Hall–Kier alpha value is -0.730. The SMILES string of the molecule is Cc1ccc(Cl)c2c1CNCCO2. The summed E-state index contributed by atoms with van der Waals surface area (Å²) in [4.78, 5) is 0. The zero-order chi connectivity index (χ0) is 9.26. The second-order valence-electron chi connectivity index (χ2n) is 3.20. The fourth-order valence-corrected chi connectivity index (χ4v) is 1.74. The number of fused-ring (bicyclic) bond motifs is 1. The van der Waals surface area contributed by atoms with Gasteiger partial charge >= 0.3 is 0 Å². The maximum Gasteiger partial charge on any atom is 0.142 e. The predicted octanol–water partition coefficient (Wildman–Crippen LogP) is 2.13. The summed E-state index contributed by atoms with van der Waals surface area (Å²) in [5.74, 6) is 0.853. The molecule has 1 aliphatic heterocycles. The van der Waals surface area contributed by atoms with E-state index in [4.69, 9.17) is 16.3 Å². The zero-order valence-corrected chi connectivity index (χ0v) is 8.32. The topological polar surface area (TPSA) is 21.3 Å². The number of halogens is 1. The zero-order valence-electron chi connectivity index (χ0n) is 7.56. The highest BCUT2D eigenvalue weighted by Crippen LogP contribution is 2.31. The van der Waals surface area contributed by atoms with Crippen molar-refractivity contribution in [2.45, 2.75) is 13.5 Å². The van der Waals surface area contributed by atoms with Gasteiger partial charge in [-0.15, -0.1) is 0 Å². The molecule has 1 heterocycles. The van der Waals surface area contributed by atoms with Crippen LogP contribution in [0.3, 0.4) is 0 Å². The molecule has 0 radical (unpaired) electrons. The Labute approximate surface area is 82.9 Å². The summed E-state index contributed by atoms with van der Waals surface area (Å²) in [7, 11) is 0. The number of hydrogen-bond donors (Lipinski definition) is 1. The van der Waals surface area contributed by atoms with Gasteiger partial charge in [0.1, 0.15) is 12.4 Å². The van der Waals surface area contributed by atoms with Gasteiger partial charge in [0, 0.05) is 18.7 Å². The molecule has 1 N–H and O–H groups in total. The van der Waals surface area contributed by atoms with Crippen LogP contribution in [0.1, 0.15) is 11.1 Å². The summed E-state index contributed by atoms with van der Waals surface area (Å²) in [6.07, 6.45) is 0. The monoisotopic (exact) mass is 197 g/mol. The van der Waals surface area contributed by atoms with E-state index in [1.165, 1.54) is 11.1 Å². The minimum atomic E-state index is 0.691. The van der Waals surface area contributed by atoms with E-state index in [2.05, 4.69) is 12.2 Å². The van der Waals surface area contributed by atoms with E-state index in [0.29, 0.717) is 11.6 Å². The molecule has 1 aromatic carbocycles. The number of ether oxygens (including phenoxy) is 1. The van der Waals surface area contributed by atoms with Crippen LogP contribution in [0.2, 0.25) is 5.02 Å². The van der Waals surface area contributed by atoms with Crippen molar-refractivity contribution < 1.29 is 4.74 Å². The van der Waals surface area contributed by atoms with Crippen LogP contribution in [0, 0.1) is 6.92 Å². The lowest BCUT2D eigenvalue weighted by atomic mass is 10.1. The molecule has 0 aromatic heterocycles. The van der Waals surface area contributed by atoms with Crippen molar-refractivity contribution in [2.24, 2.45) is 0 Å². The molecule has 70 valence electrons. The molecule has 0 fully saturated rings. The Kier molecular flexibility index (Phi) is 2.42. The average Bonchev–Trinajstić information content (AvgIpc) is 2.37. The first-order valence-corrected chi connectivity index (χ1v) is 4.78. The molecule has 2 nitrogen and oxygen atoms in total. The summed E-state index contributed by atoms with van der Waals surface area (Å²) in [5, 5.41) is 4.00. The highest BCUT2D eigenvalue weighted by atomic mass is 35.5. The van der Waals surface area contributed by atoms with Crippen LogP contribution in [0.4, 0.5) is 0 Å². The maximum absolute atomic E-state index is 6.03. The second-order valence-corrected chi connectivity index (χ2v) is 3.60. The van der Waals surface area contributed by atoms with Crippen molar-refractivity contribution in [3.8, 4) is 5.75 Å². The van der Waals surface area contributed by atoms with E-state index in [1.807, 2.05) is 12.1 Å². The Morgan fingerprint density at radius 3 is 3.15 bits per heavy atom. The van der Waals surface area contributed by atoms with E-state index in [-0.39, 0.29) is 0 Å². The van der Waals surface area contributed by atoms with Gasteiger partial charge in [0.2, 0.25) is 0 Å². The Morgan fingerprint density at radius 1 is 1.46 bits per heavy atom. The molecule has 0 aliphatic carbocycles.